The van der Waals surface area contributed by atoms with E-state index >= 15 is 0 Å². The third-order valence-corrected chi connectivity index (χ3v) is 3.69. The molecule has 82 valence electrons. The first-order valence-corrected chi connectivity index (χ1v) is 5.62. The summed E-state index contributed by atoms with van der Waals surface area (Å²) in [5, 5.41) is 0. The lowest BCUT2D eigenvalue weighted by atomic mass is 9.82. The first-order valence-electron chi connectivity index (χ1n) is 5.62. The van der Waals surface area contributed by atoms with E-state index in [2.05, 4.69) is 18.7 Å². The van der Waals surface area contributed by atoms with E-state index in [-0.39, 0.29) is 5.91 Å². The van der Waals surface area contributed by atoms with Crippen LogP contribution in [0.1, 0.15) is 39.5 Å². The van der Waals surface area contributed by atoms with Crippen molar-refractivity contribution in [2.75, 3.05) is 19.6 Å². The predicted molar refractivity (Wildman–Crippen MR) is 57.9 cm³/mol. The van der Waals surface area contributed by atoms with E-state index in [0.717, 1.165) is 19.6 Å². The molecule has 0 aromatic carbocycles. The van der Waals surface area contributed by atoms with E-state index in [1.165, 1.54) is 19.3 Å². The fourth-order valence-electron chi connectivity index (χ4n) is 2.31. The Hall–Kier alpha value is -0.570. The van der Waals surface area contributed by atoms with Crippen molar-refractivity contribution in [1.29, 1.82) is 0 Å². The Morgan fingerprint density at radius 2 is 2.07 bits per heavy atom. The molecule has 14 heavy (non-hydrogen) atoms. The number of carbonyl (C=O) groups excluding carboxylic acids is 1. The van der Waals surface area contributed by atoms with Crippen LogP contribution in [-0.4, -0.2) is 30.4 Å². The minimum Gasteiger partial charge on any atom is -0.370 e. The van der Waals surface area contributed by atoms with Crippen LogP contribution in [0.4, 0.5) is 0 Å². The Labute approximate surface area is 86.6 Å². The smallest absolute Gasteiger partial charge is 0.218 e. The van der Waals surface area contributed by atoms with Crippen LogP contribution in [-0.2, 0) is 4.79 Å². The van der Waals surface area contributed by atoms with E-state index in [4.69, 9.17) is 5.73 Å². The molecule has 0 atom stereocenters. The first kappa shape index (κ1) is 11.5. The van der Waals surface area contributed by atoms with Crippen molar-refractivity contribution >= 4 is 5.91 Å². The van der Waals surface area contributed by atoms with Crippen molar-refractivity contribution in [3.05, 3.63) is 0 Å². The van der Waals surface area contributed by atoms with E-state index in [1.807, 2.05) is 0 Å². The second-order valence-corrected chi connectivity index (χ2v) is 4.45. The summed E-state index contributed by atoms with van der Waals surface area (Å²) in [6.45, 7) is 7.65. The van der Waals surface area contributed by atoms with Crippen LogP contribution >= 0.6 is 0 Å². The number of hydrogen-bond donors (Lipinski definition) is 1. The average molecular weight is 198 g/mol. The highest BCUT2D eigenvalue weighted by atomic mass is 16.1. The molecule has 0 unspecified atom stereocenters. The van der Waals surface area contributed by atoms with Crippen molar-refractivity contribution < 1.29 is 4.79 Å². The zero-order valence-electron chi connectivity index (χ0n) is 9.38. The van der Waals surface area contributed by atoms with Gasteiger partial charge in [0.05, 0.1) is 0 Å². The molecule has 0 radical (unpaired) electrons. The van der Waals surface area contributed by atoms with Gasteiger partial charge in [-0.1, -0.05) is 13.8 Å². The molecule has 0 saturated carbocycles. The summed E-state index contributed by atoms with van der Waals surface area (Å²) in [5.41, 5.74) is 5.65. The SMILES string of the molecule is CCC1(CC)CCN(CCC(N)=O)C1. The number of amides is 1. The van der Waals surface area contributed by atoms with Gasteiger partial charge in [0.15, 0.2) is 0 Å². The highest BCUT2D eigenvalue weighted by Gasteiger charge is 2.34. The largest absolute Gasteiger partial charge is 0.370 e. The van der Waals surface area contributed by atoms with Gasteiger partial charge < -0.3 is 10.6 Å². The normalized spacial score (nSPS) is 21.3. The van der Waals surface area contributed by atoms with Gasteiger partial charge in [0.25, 0.3) is 0 Å². The Morgan fingerprint density at radius 1 is 1.43 bits per heavy atom. The van der Waals surface area contributed by atoms with Crippen molar-refractivity contribution in [3.8, 4) is 0 Å². The minimum absolute atomic E-state index is 0.185. The molecule has 0 aliphatic carbocycles. The molecule has 1 amide bonds. The molecule has 0 aromatic heterocycles. The third-order valence-electron chi connectivity index (χ3n) is 3.69. The molecule has 0 spiro atoms. The molecule has 1 fully saturated rings. The molecule has 3 heteroatoms. The van der Waals surface area contributed by atoms with Crippen LogP contribution in [0.5, 0.6) is 0 Å². The van der Waals surface area contributed by atoms with Crippen molar-refractivity contribution in [2.24, 2.45) is 11.1 Å². The van der Waals surface area contributed by atoms with Crippen molar-refractivity contribution in [3.63, 3.8) is 0 Å². The number of rotatable bonds is 5. The maximum atomic E-state index is 10.7. The highest BCUT2D eigenvalue weighted by Crippen LogP contribution is 2.36. The van der Waals surface area contributed by atoms with Crippen LogP contribution in [0, 0.1) is 5.41 Å². The lowest BCUT2D eigenvalue weighted by Crippen LogP contribution is -2.29. The summed E-state index contributed by atoms with van der Waals surface area (Å²) in [6, 6.07) is 0. The molecule has 1 heterocycles. The molecule has 1 aliphatic rings. The summed E-state index contributed by atoms with van der Waals surface area (Å²) < 4.78 is 0. The minimum atomic E-state index is -0.185. The van der Waals surface area contributed by atoms with Gasteiger partial charge in [0, 0.05) is 19.5 Å². The van der Waals surface area contributed by atoms with E-state index in [9.17, 15) is 4.79 Å². The second-order valence-electron chi connectivity index (χ2n) is 4.45. The zero-order chi connectivity index (χ0) is 10.6. The summed E-state index contributed by atoms with van der Waals surface area (Å²) in [6.07, 6.45) is 4.27. The van der Waals surface area contributed by atoms with Gasteiger partial charge in [-0.25, -0.2) is 0 Å². The Kier molecular flexibility index (Phi) is 3.93. The fraction of sp³-hybridized carbons (Fsp3) is 0.909. The van der Waals surface area contributed by atoms with E-state index in [1.54, 1.807) is 0 Å². The quantitative estimate of drug-likeness (QED) is 0.725. The monoisotopic (exact) mass is 198 g/mol. The first-order chi connectivity index (χ1) is 6.62. The molecule has 0 bridgehead atoms. The molecular weight excluding hydrogens is 176 g/mol. The summed E-state index contributed by atoms with van der Waals surface area (Å²) >= 11 is 0. The van der Waals surface area contributed by atoms with Gasteiger partial charge >= 0.3 is 0 Å². The third kappa shape index (κ3) is 2.71. The van der Waals surface area contributed by atoms with Crippen molar-refractivity contribution in [1.82, 2.24) is 4.90 Å². The molecule has 1 rings (SSSR count). The number of primary amides is 1. The Balaban J connectivity index is 2.36. The number of hydrogen-bond acceptors (Lipinski definition) is 2. The number of likely N-dealkylation sites (tertiary alicyclic amines) is 1. The number of nitrogens with zero attached hydrogens (tertiary/aromatic N) is 1. The van der Waals surface area contributed by atoms with Crippen LogP contribution in [0.15, 0.2) is 0 Å². The standard InChI is InChI=1S/C11H22N2O/c1-3-11(4-2)6-8-13(9-11)7-5-10(12)14/h3-9H2,1-2H3,(H2,12,14). The van der Waals surface area contributed by atoms with E-state index < -0.39 is 0 Å². The molecular formula is C11H22N2O. The summed E-state index contributed by atoms with van der Waals surface area (Å²) in [4.78, 5) is 13.0. The molecule has 1 saturated heterocycles. The van der Waals surface area contributed by atoms with Gasteiger partial charge in [-0.15, -0.1) is 0 Å². The maximum absolute atomic E-state index is 10.7. The van der Waals surface area contributed by atoms with Gasteiger partial charge in [-0.3, -0.25) is 4.79 Å². The summed E-state index contributed by atoms with van der Waals surface area (Å²) in [7, 11) is 0. The van der Waals surface area contributed by atoms with Crippen LogP contribution in [0.2, 0.25) is 0 Å². The van der Waals surface area contributed by atoms with Crippen LogP contribution < -0.4 is 5.73 Å². The fourth-order valence-corrected chi connectivity index (χ4v) is 2.31. The van der Waals surface area contributed by atoms with Crippen LogP contribution in [0.3, 0.4) is 0 Å². The number of nitrogens with two attached hydrogens (primary N) is 1. The van der Waals surface area contributed by atoms with Crippen molar-refractivity contribution in [2.45, 2.75) is 39.5 Å². The second kappa shape index (κ2) is 4.78. The van der Waals surface area contributed by atoms with Gasteiger partial charge in [0.2, 0.25) is 5.91 Å². The lowest BCUT2D eigenvalue weighted by Gasteiger charge is -2.26. The number of carbonyl (C=O) groups is 1. The Morgan fingerprint density at radius 3 is 2.50 bits per heavy atom. The van der Waals surface area contributed by atoms with Gasteiger partial charge in [-0.05, 0) is 31.2 Å². The van der Waals surface area contributed by atoms with Gasteiger partial charge in [0.1, 0.15) is 0 Å². The predicted octanol–water partition coefficient (Wildman–Crippen LogP) is 1.37. The molecule has 2 N–H and O–H groups in total. The molecule has 3 nitrogen and oxygen atoms in total. The lowest BCUT2D eigenvalue weighted by molar-refractivity contribution is -0.118. The zero-order valence-corrected chi connectivity index (χ0v) is 9.38. The molecule has 0 aromatic rings. The van der Waals surface area contributed by atoms with Gasteiger partial charge in [-0.2, -0.15) is 0 Å². The Bertz CT molecular complexity index is 199. The molecule has 1 aliphatic heterocycles. The van der Waals surface area contributed by atoms with Crippen LogP contribution in [0.25, 0.3) is 0 Å². The average Bonchev–Trinajstić information content (AvgIpc) is 2.59. The topological polar surface area (TPSA) is 46.3 Å². The highest BCUT2D eigenvalue weighted by molar-refractivity contribution is 5.73. The van der Waals surface area contributed by atoms with E-state index in [0.29, 0.717) is 11.8 Å². The maximum Gasteiger partial charge on any atom is 0.218 e. The summed E-state index contributed by atoms with van der Waals surface area (Å²) in [5.74, 6) is -0.185.